The monoisotopic (exact) mass is 357 g/mol. The summed E-state index contributed by atoms with van der Waals surface area (Å²) in [5.41, 5.74) is 1.88. The van der Waals surface area contributed by atoms with Crippen LogP contribution in [0.2, 0.25) is 0 Å². The minimum Gasteiger partial charge on any atom is -0.355 e. The molecule has 0 spiro atoms. The molecule has 0 saturated carbocycles. The Balaban J connectivity index is 1.60. The molecule has 0 aliphatic carbocycles. The van der Waals surface area contributed by atoms with Crippen molar-refractivity contribution in [3.63, 3.8) is 0 Å². The first-order valence-electron chi connectivity index (χ1n) is 8.97. The lowest BCUT2D eigenvalue weighted by molar-refractivity contribution is -0.128. The SMILES string of the molecule is CC(C)(C)C(=O)NCC1CCCN(c2nc(-c3ccccc3)cs2)C1. The molecule has 1 fully saturated rings. The van der Waals surface area contributed by atoms with Gasteiger partial charge in [0.2, 0.25) is 5.91 Å². The van der Waals surface area contributed by atoms with Crippen LogP contribution in [0, 0.1) is 11.3 Å². The van der Waals surface area contributed by atoms with Crippen molar-refractivity contribution in [1.29, 1.82) is 0 Å². The Kier molecular flexibility index (Phi) is 5.42. The molecule has 1 N–H and O–H groups in total. The van der Waals surface area contributed by atoms with Gasteiger partial charge in [-0.2, -0.15) is 0 Å². The zero-order chi connectivity index (χ0) is 17.9. The average molecular weight is 358 g/mol. The van der Waals surface area contributed by atoms with Crippen molar-refractivity contribution in [2.75, 3.05) is 24.5 Å². The molecule has 5 heteroatoms. The summed E-state index contributed by atoms with van der Waals surface area (Å²) in [7, 11) is 0. The number of benzene rings is 1. The van der Waals surface area contributed by atoms with Crippen molar-refractivity contribution >= 4 is 22.4 Å². The Morgan fingerprint density at radius 1 is 1.32 bits per heavy atom. The van der Waals surface area contributed by atoms with Crippen molar-refractivity contribution in [1.82, 2.24) is 10.3 Å². The van der Waals surface area contributed by atoms with Gasteiger partial charge in [0, 0.05) is 36.0 Å². The molecule has 0 bridgehead atoms. The lowest BCUT2D eigenvalue weighted by Gasteiger charge is -2.33. The molecule has 1 aromatic heterocycles. The van der Waals surface area contributed by atoms with Gasteiger partial charge >= 0.3 is 0 Å². The van der Waals surface area contributed by atoms with Crippen LogP contribution in [0.1, 0.15) is 33.6 Å². The first kappa shape index (κ1) is 17.9. The third-order valence-electron chi connectivity index (χ3n) is 4.58. The molecule has 2 heterocycles. The Morgan fingerprint density at radius 2 is 2.08 bits per heavy atom. The maximum Gasteiger partial charge on any atom is 0.225 e. The average Bonchev–Trinajstić information content (AvgIpc) is 3.10. The second-order valence-corrected chi connectivity index (χ2v) is 8.63. The summed E-state index contributed by atoms with van der Waals surface area (Å²) in [6.07, 6.45) is 2.31. The second kappa shape index (κ2) is 7.56. The lowest BCUT2D eigenvalue weighted by atomic mass is 9.94. The standard InChI is InChI=1S/C20H27N3OS/c1-20(2,3)18(24)21-12-15-8-7-11-23(13-15)19-22-17(14-25-19)16-9-5-4-6-10-16/h4-6,9-10,14-15H,7-8,11-13H2,1-3H3,(H,21,24). The number of nitrogens with zero attached hydrogens (tertiary/aromatic N) is 2. The van der Waals surface area contributed by atoms with Gasteiger partial charge in [-0.3, -0.25) is 4.79 Å². The van der Waals surface area contributed by atoms with Gasteiger partial charge in [-0.15, -0.1) is 11.3 Å². The second-order valence-electron chi connectivity index (χ2n) is 7.80. The molecule has 4 nitrogen and oxygen atoms in total. The number of carbonyl (C=O) groups excluding carboxylic acids is 1. The highest BCUT2D eigenvalue weighted by molar-refractivity contribution is 7.14. The maximum atomic E-state index is 12.1. The number of hydrogen-bond acceptors (Lipinski definition) is 4. The summed E-state index contributed by atoms with van der Waals surface area (Å²) in [6, 6.07) is 10.3. The van der Waals surface area contributed by atoms with Crippen LogP contribution in [0.5, 0.6) is 0 Å². The smallest absolute Gasteiger partial charge is 0.225 e. The lowest BCUT2D eigenvalue weighted by Crippen LogP contribution is -2.43. The molecule has 134 valence electrons. The Hall–Kier alpha value is -1.88. The van der Waals surface area contributed by atoms with Crippen molar-refractivity contribution < 1.29 is 4.79 Å². The van der Waals surface area contributed by atoms with E-state index in [0.717, 1.165) is 48.9 Å². The van der Waals surface area contributed by atoms with E-state index in [4.69, 9.17) is 4.98 Å². The largest absolute Gasteiger partial charge is 0.355 e. The number of aromatic nitrogens is 1. The zero-order valence-electron chi connectivity index (χ0n) is 15.3. The summed E-state index contributed by atoms with van der Waals surface area (Å²) in [4.78, 5) is 19.3. The molecule has 2 aromatic rings. The van der Waals surface area contributed by atoms with E-state index in [1.807, 2.05) is 39.0 Å². The highest BCUT2D eigenvalue weighted by atomic mass is 32.1. The number of thiazole rings is 1. The van der Waals surface area contributed by atoms with E-state index >= 15 is 0 Å². The van der Waals surface area contributed by atoms with Gasteiger partial charge in [-0.05, 0) is 18.8 Å². The van der Waals surface area contributed by atoms with Crippen LogP contribution in [-0.2, 0) is 4.79 Å². The third-order valence-corrected chi connectivity index (χ3v) is 5.49. The number of nitrogens with one attached hydrogen (secondary N) is 1. The molecule has 3 rings (SSSR count). The molecule has 0 radical (unpaired) electrons. The molecule has 1 amide bonds. The van der Waals surface area contributed by atoms with Gasteiger partial charge in [0.05, 0.1) is 5.69 Å². The number of anilines is 1. The van der Waals surface area contributed by atoms with E-state index in [0.29, 0.717) is 5.92 Å². The van der Waals surface area contributed by atoms with Crippen LogP contribution >= 0.6 is 11.3 Å². The molecular formula is C20H27N3OS. The molecule has 1 aromatic carbocycles. The molecule has 1 unspecified atom stereocenters. The Labute approximate surface area is 154 Å². The predicted molar refractivity (Wildman–Crippen MR) is 105 cm³/mol. The normalized spacial score (nSPS) is 18.2. The van der Waals surface area contributed by atoms with Crippen molar-refractivity contribution in [2.24, 2.45) is 11.3 Å². The number of carbonyl (C=O) groups is 1. The van der Waals surface area contributed by atoms with E-state index in [2.05, 4.69) is 27.7 Å². The minimum atomic E-state index is -0.325. The quantitative estimate of drug-likeness (QED) is 0.892. The Bertz CT molecular complexity index is 705. The fourth-order valence-corrected chi connectivity index (χ4v) is 3.93. The van der Waals surface area contributed by atoms with Gasteiger partial charge in [0.15, 0.2) is 5.13 Å². The fourth-order valence-electron chi connectivity index (χ4n) is 3.06. The van der Waals surface area contributed by atoms with E-state index in [9.17, 15) is 4.79 Å². The fraction of sp³-hybridized carbons (Fsp3) is 0.500. The number of hydrogen-bond donors (Lipinski definition) is 1. The van der Waals surface area contributed by atoms with E-state index < -0.39 is 0 Å². The van der Waals surface area contributed by atoms with Gasteiger partial charge < -0.3 is 10.2 Å². The number of piperidine rings is 1. The molecule has 1 aliphatic heterocycles. The first-order chi connectivity index (χ1) is 11.9. The molecule has 25 heavy (non-hydrogen) atoms. The Morgan fingerprint density at radius 3 is 2.80 bits per heavy atom. The van der Waals surface area contributed by atoms with Gasteiger partial charge in [0.25, 0.3) is 0 Å². The summed E-state index contributed by atoms with van der Waals surface area (Å²) in [5.74, 6) is 0.620. The van der Waals surface area contributed by atoms with E-state index in [1.165, 1.54) is 0 Å². The van der Waals surface area contributed by atoms with Crippen LogP contribution in [0.25, 0.3) is 11.3 Å². The van der Waals surface area contributed by atoms with E-state index in [-0.39, 0.29) is 11.3 Å². The van der Waals surface area contributed by atoms with Crippen LogP contribution in [-0.4, -0.2) is 30.5 Å². The van der Waals surface area contributed by atoms with Crippen LogP contribution < -0.4 is 10.2 Å². The van der Waals surface area contributed by atoms with Gasteiger partial charge in [-0.25, -0.2) is 4.98 Å². The first-order valence-corrected chi connectivity index (χ1v) is 9.85. The van der Waals surface area contributed by atoms with Crippen molar-refractivity contribution in [2.45, 2.75) is 33.6 Å². The minimum absolute atomic E-state index is 0.130. The zero-order valence-corrected chi connectivity index (χ0v) is 16.1. The van der Waals surface area contributed by atoms with Crippen LogP contribution in [0.4, 0.5) is 5.13 Å². The summed E-state index contributed by atoms with van der Waals surface area (Å²) in [6.45, 7) is 8.63. The van der Waals surface area contributed by atoms with Crippen molar-refractivity contribution in [3.05, 3.63) is 35.7 Å². The maximum absolute atomic E-state index is 12.1. The molecular weight excluding hydrogens is 330 g/mol. The molecule has 1 aliphatic rings. The summed E-state index contributed by atoms with van der Waals surface area (Å²) in [5, 5.41) is 6.34. The number of rotatable bonds is 4. The molecule has 1 atom stereocenters. The van der Waals surface area contributed by atoms with E-state index in [1.54, 1.807) is 11.3 Å². The van der Waals surface area contributed by atoms with Crippen LogP contribution in [0.3, 0.4) is 0 Å². The van der Waals surface area contributed by atoms with Gasteiger partial charge in [0.1, 0.15) is 0 Å². The molecule has 1 saturated heterocycles. The summed E-state index contributed by atoms with van der Waals surface area (Å²) < 4.78 is 0. The number of amides is 1. The summed E-state index contributed by atoms with van der Waals surface area (Å²) >= 11 is 1.71. The predicted octanol–water partition coefficient (Wildman–Crippen LogP) is 4.19. The van der Waals surface area contributed by atoms with Gasteiger partial charge in [-0.1, -0.05) is 51.1 Å². The van der Waals surface area contributed by atoms with Crippen molar-refractivity contribution in [3.8, 4) is 11.3 Å². The highest BCUT2D eigenvalue weighted by Crippen LogP contribution is 2.30. The topological polar surface area (TPSA) is 45.2 Å². The third kappa shape index (κ3) is 4.60. The highest BCUT2D eigenvalue weighted by Gasteiger charge is 2.25. The van der Waals surface area contributed by atoms with Crippen LogP contribution in [0.15, 0.2) is 35.7 Å².